The highest BCUT2D eigenvalue weighted by molar-refractivity contribution is 5.50. The van der Waals surface area contributed by atoms with Crippen LogP contribution in [0.5, 0.6) is 0 Å². The number of benzene rings is 2. The number of halogens is 2. The van der Waals surface area contributed by atoms with Crippen LogP contribution in [0.2, 0.25) is 0 Å². The van der Waals surface area contributed by atoms with Crippen molar-refractivity contribution < 1.29 is 8.78 Å². The number of hydrogen-bond donors (Lipinski definition) is 1. The third-order valence-electron chi connectivity index (χ3n) is 4.80. The smallest absolute Gasteiger partial charge is 0.224 e. The van der Waals surface area contributed by atoms with Crippen LogP contribution >= 0.6 is 0 Å². The first-order chi connectivity index (χ1) is 13.7. The highest BCUT2D eigenvalue weighted by atomic mass is 19.1. The van der Waals surface area contributed by atoms with E-state index in [1.165, 1.54) is 24.3 Å². The van der Waals surface area contributed by atoms with E-state index >= 15 is 0 Å². The molecule has 0 saturated carbocycles. The van der Waals surface area contributed by atoms with Gasteiger partial charge in [-0.25, -0.2) is 13.8 Å². The molecule has 1 aliphatic heterocycles. The van der Waals surface area contributed by atoms with Crippen molar-refractivity contribution in [2.24, 2.45) is 0 Å². The number of aromatic nitrogens is 2. The van der Waals surface area contributed by atoms with E-state index in [9.17, 15) is 8.78 Å². The normalized spacial score (nSPS) is 14.2. The second kappa shape index (κ2) is 8.21. The van der Waals surface area contributed by atoms with E-state index in [1.54, 1.807) is 18.3 Å². The maximum atomic E-state index is 13.1. The van der Waals surface area contributed by atoms with Crippen LogP contribution in [0, 0.1) is 11.6 Å². The molecule has 1 saturated heterocycles. The molecule has 0 spiro atoms. The number of rotatable bonds is 5. The van der Waals surface area contributed by atoms with Crippen LogP contribution in [0.4, 0.5) is 26.2 Å². The molecule has 0 radical (unpaired) electrons. The third kappa shape index (κ3) is 4.36. The molecule has 0 aliphatic carbocycles. The lowest BCUT2D eigenvalue weighted by Crippen LogP contribution is -2.46. The lowest BCUT2D eigenvalue weighted by molar-refractivity contribution is 0.624. The Morgan fingerprint density at radius 3 is 2.07 bits per heavy atom. The summed E-state index contributed by atoms with van der Waals surface area (Å²) >= 11 is 0. The van der Waals surface area contributed by atoms with Crippen LogP contribution in [-0.2, 0) is 6.54 Å². The SMILES string of the molecule is Fc1ccc(CNc2nccc(N3CCN(c4ccc(F)cc4)CC3)n2)cc1. The topological polar surface area (TPSA) is 44.3 Å². The van der Waals surface area contributed by atoms with Crippen molar-refractivity contribution in [3.05, 3.63) is 78.0 Å². The van der Waals surface area contributed by atoms with Gasteiger partial charge in [0.2, 0.25) is 5.95 Å². The molecule has 28 heavy (non-hydrogen) atoms. The Morgan fingerprint density at radius 2 is 1.39 bits per heavy atom. The Hall–Kier alpha value is -3.22. The number of piperazine rings is 1. The Bertz CT molecular complexity index is 907. The lowest BCUT2D eigenvalue weighted by atomic mass is 10.2. The summed E-state index contributed by atoms with van der Waals surface area (Å²) in [5.74, 6) is 0.948. The van der Waals surface area contributed by atoms with Crippen molar-refractivity contribution in [1.82, 2.24) is 9.97 Å². The minimum atomic E-state index is -0.248. The molecule has 0 unspecified atom stereocenters. The average Bonchev–Trinajstić information content (AvgIpc) is 2.74. The van der Waals surface area contributed by atoms with Crippen molar-refractivity contribution in [2.75, 3.05) is 41.3 Å². The quantitative estimate of drug-likeness (QED) is 0.730. The molecule has 0 atom stereocenters. The van der Waals surface area contributed by atoms with E-state index in [0.717, 1.165) is 43.2 Å². The van der Waals surface area contributed by atoms with Gasteiger partial charge in [0.1, 0.15) is 17.5 Å². The molecule has 5 nitrogen and oxygen atoms in total. The lowest BCUT2D eigenvalue weighted by Gasteiger charge is -2.36. The largest absolute Gasteiger partial charge is 0.368 e. The van der Waals surface area contributed by atoms with Gasteiger partial charge in [0, 0.05) is 44.6 Å². The Morgan fingerprint density at radius 1 is 0.786 bits per heavy atom. The highest BCUT2D eigenvalue weighted by Gasteiger charge is 2.18. The first-order valence-corrected chi connectivity index (χ1v) is 9.24. The van der Waals surface area contributed by atoms with Crippen molar-refractivity contribution in [1.29, 1.82) is 0 Å². The maximum absolute atomic E-state index is 13.1. The second-order valence-corrected chi connectivity index (χ2v) is 6.67. The highest BCUT2D eigenvalue weighted by Crippen LogP contribution is 2.20. The van der Waals surface area contributed by atoms with Crippen LogP contribution in [0.25, 0.3) is 0 Å². The van der Waals surface area contributed by atoms with E-state index in [-0.39, 0.29) is 11.6 Å². The van der Waals surface area contributed by atoms with Crippen molar-refractivity contribution >= 4 is 17.5 Å². The van der Waals surface area contributed by atoms with Crippen molar-refractivity contribution in [3.63, 3.8) is 0 Å². The van der Waals surface area contributed by atoms with Crippen LogP contribution in [0.3, 0.4) is 0 Å². The van der Waals surface area contributed by atoms with Gasteiger partial charge in [-0.3, -0.25) is 0 Å². The molecule has 7 heteroatoms. The molecule has 4 rings (SSSR count). The minimum absolute atomic E-state index is 0.218. The summed E-state index contributed by atoms with van der Waals surface area (Å²) in [4.78, 5) is 13.3. The summed E-state index contributed by atoms with van der Waals surface area (Å²) in [5.41, 5.74) is 1.99. The molecule has 1 N–H and O–H groups in total. The molecule has 144 valence electrons. The summed E-state index contributed by atoms with van der Waals surface area (Å²) in [7, 11) is 0. The minimum Gasteiger partial charge on any atom is -0.368 e. The van der Waals surface area contributed by atoms with Gasteiger partial charge >= 0.3 is 0 Å². The predicted molar refractivity (Wildman–Crippen MR) is 107 cm³/mol. The summed E-state index contributed by atoms with van der Waals surface area (Å²) in [5, 5.41) is 3.18. The summed E-state index contributed by atoms with van der Waals surface area (Å²) in [6.45, 7) is 3.86. The van der Waals surface area contributed by atoms with Gasteiger partial charge in [-0.15, -0.1) is 0 Å². The molecule has 1 aromatic heterocycles. The first-order valence-electron chi connectivity index (χ1n) is 9.24. The van der Waals surface area contributed by atoms with Gasteiger partial charge in [0.15, 0.2) is 0 Å². The van der Waals surface area contributed by atoms with E-state index in [0.29, 0.717) is 12.5 Å². The van der Waals surface area contributed by atoms with Gasteiger partial charge in [0.05, 0.1) is 0 Å². The summed E-state index contributed by atoms with van der Waals surface area (Å²) in [6.07, 6.45) is 1.74. The predicted octanol–water partition coefficient (Wildman–Crippen LogP) is 3.69. The van der Waals surface area contributed by atoms with Crippen molar-refractivity contribution in [3.8, 4) is 0 Å². The van der Waals surface area contributed by atoms with Crippen LogP contribution < -0.4 is 15.1 Å². The fraction of sp³-hybridized carbons (Fsp3) is 0.238. The van der Waals surface area contributed by atoms with Gasteiger partial charge in [-0.1, -0.05) is 12.1 Å². The Labute approximate surface area is 162 Å². The third-order valence-corrected chi connectivity index (χ3v) is 4.80. The van der Waals surface area contributed by atoms with Gasteiger partial charge in [-0.05, 0) is 48.0 Å². The van der Waals surface area contributed by atoms with E-state index in [2.05, 4.69) is 25.1 Å². The van der Waals surface area contributed by atoms with Crippen LogP contribution in [-0.4, -0.2) is 36.1 Å². The molecule has 3 aromatic rings. The molecule has 2 heterocycles. The molecule has 1 fully saturated rings. The second-order valence-electron chi connectivity index (χ2n) is 6.67. The molecule has 1 aliphatic rings. The number of anilines is 3. The summed E-state index contributed by atoms with van der Waals surface area (Å²) in [6, 6.07) is 14.9. The zero-order valence-electron chi connectivity index (χ0n) is 15.4. The number of hydrogen-bond acceptors (Lipinski definition) is 5. The molecule has 0 bridgehead atoms. The van der Waals surface area contributed by atoms with Crippen molar-refractivity contribution in [2.45, 2.75) is 6.54 Å². The van der Waals surface area contributed by atoms with Crippen LogP contribution in [0.15, 0.2) is 60.8 Å². The first kappa shape index (κ1) is 18.2. The summed E-state index contributed by atoms with van der Waals surface area (Å²) < 4.78 is 26.1. The Kier molecular flexibility index (Phi) is 5.32. The molecular weight excluding hydrogens is 360 g/mol. The average molecular weight is 381 g/mol. The van der Waals surface area contributed by atoms with Gasteiger partial charge < -0.3 is 15.1 Å². The van der Waals surface area contributed by atoms with E-state index in [1.807, 2.05) is 18.2 Å². The standard InChI is InChI=1S/C21H21F2N5/c22-17-3-1-16(2-4-17)15-25-21-24-10-9-20(26-21)28-13-11-27(12-14-28)19-7-5-18(23)6-8-19/h1-10H,11-15H2,(H,24,25,26). The van der Waals surface area contributed by atoms with Gasteiger partial charge in [-0.2, -0.15) is 4.98 Å². The van der Waals surface area contributed by atoms with E-state index in [4.69, 9.17) is 0 Å². The van der Waals surface area contributed by atoms with Gasteiger partial charge in [0.25, 0.3) is 0 Å². The zero-order valence-corrected chi connectivity index (χ0v) is 15.4. The monoisotopic (exact) mass is 381 g/mol. The number of nitrogens with zero attached hydrogens (tertiary/aromatic N) is 4. The molecule has 0 amide bonds. The Balaban J connectivity index is 1.35. The fourth-order valence-electron chi connectivity index (χ4n) is 3.24. The molecule has 2 aromatic carbocycles. The fourth-order valence-corrected chi connectivity index (χ4v) is 3.24. The van der Waals surface area contributed by atoms with Crippen LogP contribution in [0.1, 0.15) is 5.56 Å². The zero-order chi connectivity index (χ0) is 19.3. The number of nitrogens with one attached hydrogen (secondary N) is 1. The van der Waals surface area contributed by atoms with E-state index < -0.39 is 0 Å². The maximum Gasteiger partial charge on any atom is 0.224 e. The molecular formula is C21H21F2N5.